The number of hydrogen-bond donors (Lipinski definition) is 0. The SMILES string of the molecule is CC(C)(C)c1cc(C(C)(C)C)c2oc3cc4c(cc3c2c1)-c1cccc(N(c2ccc3c(c2)C(C)(C)c2ccccc2-3)c2cccc3oc5ccccc5c23)c1C4(C)C. The summed E-state index contributed by atoms with van der Waals surface area (Å²) in [5, 5.41) is 4.61. The van der Waals surface area contributed by atoms with E-state index >= 15 is 0 Å². The van der Waals surface area contributed by atoms with Gasteiger partial charge in [-0.05, 0) is 115 Å². The molecule has 2 heterocycles. The van der Waals surface area contributed by atoms with Crippen molar-refractivity contribution in [3.63, 3.8) is 0 Å². The average Bonchev–Trinajstić information content (AvgIpc) is 3.89. The molecular formula is C56H51NO2. The highest BCUT2D eigenvalue weighted by molar-refractivity contribution is 6.14. The lowest BCUT2D eigenvalue weighted by atomic mass is 9.79. The van der Waals surface area contributed by atoms with Crippen molar-refractivity contribution >= 4 is 60.9 Å². The number of fused-ring (bicyclic) bond motifs is 12. The van der Waals surface area contributed by atoms with Gasteiger partial charge in [-0.2, -0.15) is 0 Å². The van der Waals surface area contributed by atoms with E-state index in [0.717, 1.165) is 44.5 Å². The fourth-order valence-electron chi connectivity index (χ4n) is 10.6. The number of rotatable bonds is 3. The van der Waals surface area contributed by atoms with Crippen LogP contribution in [0.2, 0.25) is 0 Å². The lowest BCUT2D eigenvalue weighted by Crippen LogP contribution is -2.21. The zero-order valence-electron chi connectivity index (χ0n) is 35.9. The van der Waals surface area contributed by atoms with Crippen molar-refractivity contribution in [3.8, 4) is 22.3 Å². The summed E-state index contributed by atoms with van der Waals surface area (Å²) in [6.07, 6.45) is 0. The van der Waals surface area contributed by atoms with Crippen LogP contribution in [-0.2, 0) is 21.7 Å². The second-order valence-electron chi connectivity index (χ2n) is 20.2. The van der Waals surface area contributed by atoms with Gasteiger partial charge in [0.2, 0.25) is 0 Å². The van der Waals surface area contributed by atoms with Gasteiger partial charge in [0.25, 0.3) is 0 Å². The van der Waals surface area contributed by atoms with Gasteiger partial charge in [-0.3, -0.25) is 0 Å². The molecule has 0 amide bonds. The van der Waals surface area contributed by atoms with E-state index in [-0.39, 0.29) is 21.7 Å². The molecule has 3 nitrogen and oxygen atoms in total. The van der Waals surface area contributed by atoms with Gasteiger partial charge in [0, 0.05) is 38.2 Å². The van der Waals surface area contributed by atoms with E-state index in [0.29, 0.717) is 0 Å². The summed E-state index contributed by atoms with van der Waals surface area (Å²) in [7, 11) is 0. The van der Waals surface area contributed by atoms with Gasteiger partial charge in [0.15, 0.2) is 0 Å². The Hall–Kier alpha value is -6.06. The number of benzene rings is 7. The number of anilines is 3. The molecule has 7 aromatic carbocycles. The zero-order chi connectivity index (χ0) is 41.0. The van der Waals surface area contributed by atoms with Crippen LogP contribution < -0.4 is 4.90 Å². The molecule has 0 unspecified atom stereocenters. The predicted octanol–water partition coefficient (Wildman–Crippen LogP) is 16.2. The smallest absolute Gasteiger partial charge is 0.139 e. The molecule has 0 N–H and O–H groups in total. The Labute approximate surface area is 347 Å². The summed E-state index contributed by atoms with van der Waals surface area (Å²) in [4.78, 5) is 2.51. The van der Waals surface area contributed by atoms with Crippen LogP contribution in [0.5, 0.6) is 0 Å². The molecule has 2 aliphatic carbocycles. The molecule has 292 valence electrons. The quantitative estimate of drug-likeness (QED) is 0.179. The number of hydrogen-bond acceptors (Lipinski definition) is 3. The van der Waals surface area contributed by atoms with E-state index in [2.05, 4.69) is 202 Å². The largest absolute Gasteiger partial charge is 0.456 e. The van der Waals surface area contributed by atoms with E-state index in [1.165, 1.54) is 72.1 Å². The molecule has 3 heteroatoms. The molecule has 2 aromatic heterocycles. The number of para-hydroxylation sites is 1. The van der Waals surface area contributed by atoms with Crippen molar-refractivity contribution < 1.29 is 8.83 Å². The molecule has 2 aliphatic rings. The van der Waals surface area contributed by atoms with Crippen molar-refractivity contribution in [2.75, 3.05) is 4.90 Å². The Balaban J connectivity index is 1.18. The van der Waals surface area contributed by atoms with E-state index in [1.807, 2.05) is 0 Å². The lowest BCUT2D eigenvalue weighted by Gasteiger charge is -2.33. The summed E-state index contributed by atoms with van der Waals surface area (Å²) >= 11 is 0. The molecule has 0 atom stereocenters. The Morgan fingerprint density at radius 3 is 1.93 bits per heavy atom. The van der Waals surface area contributed by atoms with Crippen molar-refractivity contribution in [1.82, 2.24) is 0 Å². The van der Waals surface area contributed by atoms with E-state index < -0.39 is 0 Å². The van der Waals surface area contributed by atoms with Crippen molar-refractivity contribution in [2.24, 2.45) is 0 Å². The zero-order valence-corrected chi connectivity index (χ0v) is 35.9. The van der Waals surface area contributed by atoms with Gasteiger partial charge in [0.1, 0.15) is 22.3 Å². The molecule has 11 rings (SSSR count). The first-order chi connectivity index (χ1) is 28.0. The lowest BCUT2D eigenvalue weighted by molar-refractivity contribution is 0.559. The molecule has 9 aromatic rings. The summed E-state index contributed by atoms with van der Waals surface area (Å²) < 4.78 is 13.5. The van der Waals surface area contributed by atoms with E-state index in [4.69, 9.17) is 8.83 Å². The van der Waals surface area contributed by atoms with Crippen LogP contribution in [0.3, 0.4) is 0 Å². The highest BCUT2D eigenvalue weighted by Gasteiger charge is 2.41. The fourth-order valence-corrected chi connectivity index (χ4v) is 10.6. The molecule has 59 heavy (non-hydrogen) atoms. The van der Waals surface area contributed by atoms with Crippen LogP contribution >= 0.6 is 0 Å². The van der Waals surface area contributed by atoms with Gasteiger partial charge < -0.3 is 13.7 Å². The summed E-state index contributed by atoms with van der Waals surface area (Å²) in [6.45, 7) is 23.3. The Kier molecular flexibility index (Phi) is 7.20. The fraction of sp³-hybridized carbons (Fsp3) is 0.250. The first-order valence-corrected chi connectivity index (χ1v) is 21.2. The third-order valence-corrected chi connectivity index (χ3v) is 13.7. The predicted molar refractivity (Wildman–Crippen MR) is 248 cm³/mol. The third kappa shape index (κ3) is 5.00. The van der Waals surface area contributed by atoms with Crippen LogP contribution in [0.25, 0.3) is 66.1 Å². The molecule has 0 saturated carbocycles. The molecule has 0 radical (unpaired) electrons. The summed E-state index contributed by atoms with van der Waals surface area (Å²) in [6, 6.07) is 47.4. The summed E-state index contributed by atoms with van der Waals surface area (Å²) in [5.74, 6) is 0. The second kappa shape index (κ2) is 11.8. The highest BCUT2D eigenvalue weighted by Crippen LogP contribution is 2.58. The Bertz CT molecular complexity index is 3240. The average molecular weight is 770 g/mol. The van der Waals surface area contributed by atoms with Crippen LogP contribution in [0.1, 0.15) is 103 Å². The minimum Gasteiger partial charge on any atom is -0.456 e. The first kappa shape index (κ1) is 36.1. The Morgan fingerprint density at radius 2 is 1.14 bits per heavy atom. The topological polar surface area (TPSA) is 29.5 Å². The minimum atomic E-state index is -0.339. The molecular weight excluding hydrogens is 719 g/mol. The highest BCUT2D eigenvalue weighted by atomic mass is 16.3. The van der Waals surface area contributed by atoms with Crippen LogP contribution in [0.15, 0.2) is 136 Å². The van der Waals surface area contributed by atoms with Gasteiger partial charge >= 0.3 is 0 Å². The van der Waals surface area contributed by atoms with Gasteiger partial charge in [0.05, 0.1) is 16.8 Å². The monoisotopic (exact) mass is 769 g/mol. The van der Waals surface area contributed by atoms with Crippen LogP contribution in [-0.4, -0.2) is 0 Å². The summed E-state index contributed by atoms with van der Waals surface area (Å²) in [5.41, 5.74) is 19.7. The third-order valence-electron chi connectivity index (χ3n) is 13.7. The van der Waals surface area contributed by atoms with Crippen molar-refractivity contribution in [1.29, 1.82) is 0 Å². The first-order valence-electron chi connectivity index (χ1n) is 21.2. The molecule has 0 saturated heterocycles. The second-order valence-corrected chi connectivity index (χ2v) is 20.2. The maximum absolute atomic E-state index is 6.96. The number of nitrogens with zero attached hydrogens (tertiary/aromatic N) is 1. The van der Waals surface area contributed by atoms with Gasteiger partial charge in [-0.15, -0.1) is 0 Å². The number of furan rings is 2. The molecule has 0 fully saturated rings. The van der Waals surface area contributed by atoms with Gasteiger partial charge in [-0.1, -0.05) is 142 Å². The molecule has 0 spiro atoms. The normalized spacial score (nSPS) is 15.2. The van der Waals surface area contributed by atoms with Gasteiger partial charge in [-0.25, -0.2) is 0 Å². The minimum absolute atomic E-state index is 0.000189. The maximum atomic E-state index is 6.96. The van der Waals surface area contributed by atoms with Crippen molar-refractivity contribution in [2.45, 2.75) is 90.9 Å². The van der Waals surface area contributed by atoms with E-state index in [1.54, 1.807) is 0 Å². The maximum Gasteiger partial charge on any atom is 0.139 e. The van der Waals surface area contributed by atoms with Crippen molar-refractivity contribution in [3.05, 3.63) is 161 Å². The molecule has 0 bridgehead atoms. The standard InChI is InChI=1S/C56H51NO2/c1-53(2,3)32-27-40-39-30-38-36-19-15-22-46(51(36)56(9,10)43(38)31-49(39)59-52(40)44(28-32)54(4,5)6)57(45-21-16-24-48-50(45)37-18-12-14-23-47(37)58-48)33-25-26-35-34-17-11-13-20-41(34)55(7,8)42(35)29-33/h11-31H,1-10H3. The van der Waals surface area contributed by atoms with E-state index in [9.17, 15) is 0 Å². The molecule has 0 aliphatic heterocycles. The Morgan fingerprint density at radius 1 is 0.458 bits per heavy atom. The van der Waals surface area contributed by atoms with Crippen LogP contribution in [0.4, 0.5) is 17.1 Å². The van der Waals surface area contributed by atoms with Crippen LogP contribution in [0, 0.1) is 0 Å².